The monoisotopic (exact) mass is 654 g/mol. The zero-order chi connectivity index (χ0) is 25.8. The van der Waals surface area contributed by atoms with Crippen molar-refractivity contribution in [3.05, 3.63) is 156 Å². The maximum atomic E-state index is 4.82. The van der Waals surface area contributed by atoms with E-state index in [1.807, 2.05) is 60.7 Å². The van der Waals surface area contributed by atoms with Crippen molar-refractivity contribution < 1.29 is 25.8 Å². The van der Waals surface area contributed by atoms with Gasteiger partial charge in [0.15, 0.2) is 0 Å². The van der Waals surface area contributed by atoms with Gasteiger partial charge >= 0.3 is 25.8 Å². The SMILES string of the molecule is Cc1cc(C)c([N-]Cc2cccc(C3[CH-]CCC3)n2)c(C)c1.[CH2-]c1ccccc1.[CH2-]c1ccccc1.[Hf+4]. The van der Waals surface area contributed by atoms with Gasteiger partial charge in [-0.2, -0.15) is 55.7 Å². The van der Waals surface area contributed by atoms with Crippen LogP contribution < -0.4 is 0 Å². The standard InChI is InChI=1S/C20H24N2.2C7H7.Hf/c1-14-11-15(2)20(16(3)12-14)21-13-18-9-6-10-19(22-18)17-7-4-5-8-17;2*1-7-5-3-2-4-6-7;/h6-7,9-12,17H,4-5,8,13H2,1-3H3;2*2-6H,1H2;/q-2;2*-1;+4. The Morgan fingerprint density at radius 3 is 1.84 bits per heavy atom. The van der Waals surface area contributed by atoms with Gasteiger partial charge in [-0.05, 0) is 32.9 Å². The number of hydrogen-bond donors (Lipinski definition) is 0. The number of hydrogen-bond acceptors (Lipinski definition) is 1. The van der Waals surface area contributed by atoms with Crippen LogP contribution in [0.4, 0.5) is 5.69 Å². The molecule has 4 aromatic rings. The molecule has 1 aliphatic carbocycles. The molecule has 3 heteroatoms. The molecule has 3 aromatic carbocycles. The molecule has 2 nitrogen and oxygen atoms in total. The number of aryl methyl sites for hydroxylation is 3. The Bertz CT molecular complexity index is 1120. The van der Waals surface area contributed by atoms with Crippen LogP contribution in [0, 0.1) is 41.0 Å². The van der Waals surface area contributed by atoms with E-state index in [1.54, 1.807) is 0 Å². The van der Waals surface area contributed by atoms with E-state index in [4.69, 9.17) is 10.3 Å². The molecule has 1 aliphatic rings. The Balaban J connectivity index is 0.000000262. The van der Waals surface area contributed by atoms with Crippen LogP contribution in [0.15, 0.2) is 91.0 Å². The molecule has 1 saturated carbocycles. The zero-order valence-corrected chi connectivity index (χ0v) is 26.0. The van der Waals surface area contributed by atoms with Gasteiger partial charge in [-0.15, -0.1) is 35.9 Å². The number of nitrogens with zero attached hydrogens (tertiary/aromatic N) is 2. The third-order valence-corrected chi connectivity index (χ3v) is 6.10. The molecular formula is C34H38HfN2. The van der Waals surface area contributed by atoms with Crippen molar-refractivity contribution in [3.8, 4) is 0 Å². The predicted molar refractivity (Wildman–Crippen MR) is 154 cm³/mol. The fraction of sp³-hybridized carbons (Fsp3) is 0.235. The second-order valence-corrected chi connectivity index (χ2v) is 9.36. The van der Waals surface area contributed by atoms with Gasteiger partial charge in [-0.25, -0.2) is 0 Å². The molecule has 1 heterocycles. The Labute approximate surface area is 243 Å². The molecule has 1 atom stereocenters. The van der Waals surface area contributed by atoms with Gasteiger partial charge in [-0.1, -0.05) is 66.4 Å². The summed E-state index contributed by atoms with van der Waals surface area (Å²) in [6.07, 6.45) is 6.16. The summed E-state index contributed by atoms with van der Waals surface area (Å²) in [5, 5.41) is 4.81. The molecule has 1 aromatic heterocycles. The minimum absolute atomic E-state index is 0. The van der Waals surface area contributed by atoms with Crippen molar-refractivity contribution in [2.45, 2.75) is 52.5 Å². The Morgan fingerprint density at radius 2 is 1.38 bits per heavy atom. The third-order valence-electron chi connectivity index (χ3n) is 6.10. The fourth-order valence-electron chi connectivity index (χ4n) is 4.37. The van der Waals surface area contributed by atoms with Crippen molar-refractivity contribution in [3.63, 3.8) is 0 Å². The van der Waals surface area contributed by atoms with Crippen molar-refractivity contribution in [1.82, 2.24) is 4.98 Å². The Hall–Kier alpha value is -2.78. The molecule has 0 saturated heterocycles. The quantitative estimate of drug-likeness (QED) is 0.159. The van der Waals surface area contributed by atoms with E-state index < -0.39 is 0 Å². The van der Waals surface area contributed by atoms with Crippen molar-refractivity contribution >= 4 is 5.69 Å². The first-order valence-electron chi connectivity index (χ1n) is 12.7. The molecule has 188 valence electrons. The average Bonchev–Trinajstić information content (AvgIpc) is 3.41. The molecule has 1 unspecified atom stereocenters. The molecule has 0 N–H and O–H groups in total. The first-order valence-corrected chi connectivity index (χ1v) is 12.7. The normalized spacial score (nSPS) is 13.8. The summed E-state index contributed by atoms with van der Waals surface area (Å²) < 4.78 is 0. The van der Waals surface area contributed by atoms with Crippen LogP contribution in [-0.2, 0) is 32.4 Å². The van der Waals surface area contributed by atoms with Crippen molar-refractivity contribution in [1.29, 1.82) is 0 Å². The van der Waals surface area contributed by atoms with Crippen LogP contribution in [0.1, 0.15) is 64.4 Å². The number of rotatable bonds is 4. The maximum Gasteiger partial charge on any atom is 4.00 e. The van der Waals surface area contributed by atoms with Gasteiger partial charge in [0.1, 0.15) is 0 Å². The van der Waals surface area contributed by atoms with Gasteiger partial charge < -0.3 is 11.7 Å². The summed E-state index contributed by atoms with van der Waals surface area (Å²) >= 11 is 0. The number of pyridine rings is 1. The summed E-state index contributed by atoms with van der Waals surface area (Å²) in [6.45, 7) is 14.5. The van der Waals surface area contributed by atoms with Crippen LogP contribution in [-0.4, -0.2) is 4.98 Å². The van der Waals surface area contributed by atoms with E-state index in [0.717, 1.165) is 22.5 Å². The third kappa shape index (κ3) is 10.6. The molecule has 37 heavy (non-hydrogen) atoms. The van der Waals surface area contributed by atoms with Crippen LogP contribution in [0.25, 0.3) is 5.32 Å². The molecule has 0 amide bonds. The van der Waals surface area contributed by atoms with Crippen LogP contribution in [0.2, 0.25) is 0 Å². The second-order valence-electron chi connectivity index (χ2n) is 9.36. The second kappa shape index (κ2) is 16.1. The maximum absolute atomic E-state index is 4.82. The van der Waals surface area contributed by atoms with Crippen LogP contribution in [0.5, 0.6) is 0 Å². The largest absolute Gasteiger partial charge is 4.00 e. The van der Waals surface area contributed by atoms with E-state index in [-0.39, 0.29) is 25.8 Å². The molecule has 0 spiro atoms. The summed E-state index contributed by atoms with van der Waals surface area (Å²) in [6, 6.07) is 30.5. The van der Waals surface area contributed by atoms with Crippen molar-refractivity contribution in [2.75, 3.05) is 0 Å². The topological polar surface area (TPSA) is 27.0 Å². The summed E-state index contributed by atoms with van der Waals surface area (Å²) in [7, 11) is 0. The van der Waals surface area contributed by atoms with Crippen LogP contribution in [0.3, 0.4) is 0 Å². The van der Waals surface area contributed by atoms with Gasteiger partial charge in [0.2, 0.25) is 0 Å². The smallest absolute Gasteiger partial charge is 0.679 e. The molecule has 5 rings (SSSR count). The van der Waals surface area contributed by atoms with Gasteiger partial charge in [0.25, 0.3) is 0 Å². The first kappa shape index (κ1) is 30.4. The van der Waals surface area contributed by atoms with Gasteiger partial charge in [0, 0.05) is 11.4 Å². The summed E-state index contributed by atoms with van der Waals surface area (Å²) in [5.41, 5.74) is 9.33. The minimum atomic E-state index is 0. The Kier molecular flexibility index (Phi) is 13.3. The van der Waals surface area contributed by atoms with E-state index in [1.165, 1.54) is 41.6 Å². The molecule has 0 aliphatic heterocycles. The predicted octanol–water partition coefficient (Wildman–Crippen LogP) is 9.42. The summed E-state index contributed by atoms with van der Waals surface area (Å²) in [4.78, 5) is 4.82. The van der Waals surface area contributed by atoms with Crippen LogP contribution >= 0.6 is 0 Å². The van der Waals surface area contributed by atoms with E-state index >= 15 is 0 Å². The Morgan fingerprint density at radius 1 is 0.811 bits per heavy atom. The molecule has 0 bridgehead atoms. The molecular weight excluding hydrogens is 615 g/mol. The zero-order valence-electron chi connectivity index (χ0n) is 22.5. The first-order chi connectivity index (χ1) is 17.4. The van der Waals surface area contributed by atoms with Gasteiger partial charge in [0.05, 0.1) is 0 Å². The van der Waals surface area contributed by atoms with E-state index in [0.29, 0.717) is 12.5 Å². The van der Waals surface area contributed by atoms with Crippen molar-refractivity contribution in [2.24, 2.45) is 0 Å². The molecule has 0 radical (unpaired) electrons. The van der Waals surface area contributed by atoms with E-state index in [9.17, 15) is 0 Å². The van der Waals surface area contributed by atoms with E-state index in [2.05, 4.69) is 71.4 Å². The number of aromatic nitrogens is 1. The number of benzene rings is 3. The van der Waals surface area contributed by atoms with Gasteiger partial charge in [-0.3, -0.25) is 4.98 Å². The molecule has 1 fully saturated rings. The fourth-order valence-corrected chi connectivity index (χ4v) is 4.37. The minimum Gasteiger partial charge on any atom is -0.679 e. The average molecular weight is 653 g/mol. The summed E-state index contributed by atoms with van der Waals surface area (Å²) in [5.74, 6) is 0.544.